The summed E-state index contributed by atoms with van der Waals surface area (Å²) < 4.78 is 0. The summed E-state index contributed by atoms with van der Waals surface area (Å²) in [5.41, 5.74) is 1.32. The zero-order chi connectivity index (χ0) is 29.0. The maximum absolute atomic E-state index is 14.6. The van der Waals surface area contributed by atoms with Gasteiger partial charge in [-0.2, -0.15) is 0 Å². The molecule has 40 heavy (non-hydrogen) atoms. The molecule has 0 aromatic heterocycles. The number of amides is 1. The SMILES string of the molecule is C=C(C)[C@@H]1CC[C@]2(C(=O)N3CCC[C@H]3C(=O)O)CC[C@]3(C)[C@H](CC[C@@H]4[C@@]5(C)CC[C@H](O)C(C)(C)[C@@H]5CC[C@]43C)[C@@H]12. The van der Waals surface area contributed by atoms with E-state index in [1.54, 1.807) is 4.90 Å². The fraction of sp³-hybridized carbons (Fsp3) is 0.886. The van der Waals surface area contributed by atoms with Gasteiger partial charge < -0.3 is 15.1 Å². The average molecular weight is 554 g/mol. The Morgan fingerprint density at radius 1 is 0.825 bits per heavy atom. The van der Waals surface area contributed by atoms with Crippen LogP contribution in [-0.4, -0.2) is 45.7 Å². The van der Waals surface area contributed by atoms with Crippen molar-refractivity contribution >= 4 is 11.9 Å². The Kier molecular flexibility index (Phi) is 6.52. The third-order valence-electron chi connectivity index (χ3n) is 15.3. The third-order valence-corrected chi connectivity index (χ3v) is 15.3. The van der Waals surface area contributed by atoms with Crippen molar-refractivity contribution in [2.75, 3.05) is 6.54 Å². The van der Waals surface area contributed by atoms with Crippen LogP contribution in [0.1, 0.15) is 119 Å². The number of fused-ring (bicyclic) bond motifs is 7. The molecule has 0 radical (unpaired) electrons. The molecule has 2 N–H and O–H groups in total. The summed E-state index contributed by atoms with van der Waals surface area (Å²) in [5, 5.41) is 21.0. The minimum absolute atomic E-state index is 0.0485. The minimum atomic E-state index is -0.840. The number of carbonyl (C=O) groups is 2. The van der Waals surface area contributed by atoms with Crippen LogP contribution in [0.25, 0.3) is 0 Å². The van der Waals surface area contributed by atoms with Gasteiger partial charge in [0.15, 0.2) is 0 Å². The lowest BCUT2D eigenvalue weighted by atomic mass is 9.32. The number of carboxylic acid groups (broad SMARTS) is 1. The van der Waals surface area contributed by atoms with Gasteiger partial charge in [0.1, 0.15) is 6.04 Å². The zero-order valence-corrected chi connectivity index (χ0v) is 26.1. The molecule has 0 aromatic carbocycles. The monoisotopic (exact) mass is 553 g/mol. The predicted molar refractivity (Wildman–Crippen MR) is 157 cm³/mol. The van der Waals surface area contributed by atoms with Crippen molar-refractivity contribution in [1.29, 1.82) is 0 Å². The van der Waals surface area contributed by atoms with Crippen LogP contribution >= 0.6 is 0 Å². The molecule has 5 aliphatic carbocycles. The van der Waals surface area contributed by atoms with E-state index in [2.05, 4.69) is 48.1 Å². The van der Waals surface area contributed by atoms with Crippen molar-refractivity contribution < 1.29 is 19.8 Å². The first-order valence-electron chi connectivity index (χ1n) is 16.5. The quantitative estimate of drug-likeness (QED) is 0.366. The standard InChI is InChI=1S/C35H55NO4/c1-21(2)22-12-17-35(30(40)36-20-8-9-24(36)29(38)39)19-18-33(6)23(28(22)35)10-11-26-32(5)15-14-27(37)31(3,4)25(32)13-16-34(26,33)7/h22-28,37H,1,8-20H2,2-7H3,(H,38,39)/t22-,23+,24-,25-,26+,27-,28+,32-,33+,34+,35-/m0/s1. The summed E-state index contributed by atoms with van der Waals surface area (Å²) in [5.74, 6) is 1.56. The molecule has 1 aliphatic heterocycles. The van der Waals surface area contributed by atoms with Crippen LogP contribution in [0.4, 0.5) is 0 Å². The molecule has 224 valence electrons. The highest BCUT2D eigenvalue weighted by molar-refractivity contribution is 5.89. The predicted octanol–water partition coefficient (Wildman–Crippen LogP) is 7.08. The van der Waals surface area contributed by atoms with Crippen molar-refractivity contribution in [2.45, 2.75) is 131 Å². The summed E-state index contributed by atoms with van der Waals surface area (Å²) in [7, 11) is 0. The first-order valence-corrected chi connectivity index (χ1v) is 16.5. The Labute approximate surface area is 242 Å². The third kappa shape index (κ3) is 3.48. The fourth-order valence-corrected chi connectivity index (χ4v) is 13.1. The number of nitrogens with zero attached hydrogens (tertiary/aromatic N) is 1. The number of allylic oxidation sites excluding steroid dienone is 1. The van der Waals surface area contributed by atoms with E-state index in [0.717, 1.165) is 51.4 Å². The van der Waals surface area contributed by atoms with Gasteiger partial charge in [-0.15, -0.1) is 0 Å². The lowest BCUT2D eigenvalue weighted by Gasteiger charge is -2.73. The second-order valence-corrected chi connectivity index (χ2v) is 16.7. The number of aliphatic hydroxyl groups excluding tert-OH is 1. The van der Waals surface area contributed by atoms with Crippen LogP contribution in [0.5, 0.6) is 0 Å². The van der Waals surface area contributed by atoms with E-state index in [1.165, 1.54) is 24.8 Å². The topological polar surface area (TPSA) is 77.8 Å². The molecule has 5 nitrogen and oxygen atoms in total. The highest BCUT2D eigenvalue weighted by Crippen LogP contribution is 2.77. The van der Waals surface area contributed by atoms with Gasteiger partial charge in [-0.3, -0.25) is 4.79 Å². The highest BCUT2D eigenvalue weighted by Gasteiger charge is 2.72. The lowest BCUT2D eigenvalue weighted by Crippen LogP contribution is -2.67. The van der Waals surface area contributed by atoms with Crippen molar-refractivity contribution in [2.24, 2.45) is 56.7 Å². The Balaban J connectivity index is 1.39. The molecule has 1 heterocycles. The molecule has 6 rings (SSSR count). The first-order chi connectivity index (χ1) is 18.6. The van der Waals surface area contributed by atoms with E-state index < -0.39 is 17.4 Å². The maximum Gasteiger partial charge on any atom is 0.326 e. The van der Waals surface area contributed by atoms with Gasteiger partial charge in [0.2, 0.25) is 5.91 Å². The second-order valence-electron chi connectivity index (χ2n) is 16.7. The molecule has 0 unspecified atom stereocenters. The van der Waals surface area contributed by atoms with Gasteiger partial charge in [-0.1, -0.05) is 46.8 Å². The number of aliphatic carboxylic acids is 1. The highest BCUT2D eigenvalue weighted by atomic mass is 16.4. The molecule has 1 amide bonds. The average Bonchev–Trinajstić information content (AvgIpc) is 3.53. The summed E-state index contributed by atoms with van der Waals surface area (Å²) in [6.07, 6.45) is 11.8. The molecular formula is C35H55NO4. The van der Waals surface area contributed by atoms with E-state index in [-0.39, 0.29) is 39.6 Å². The molecular weight excluding hydrogens is 498 g/mol. The van der Waals surface area contributed by atoms with Crippen molar-refractivity contribution in [1.82, 2.24) is 4.90 Å². The number of rotatable bonds is 3. The maximum atomic E-state index is 14.6. The lowest BCUT2D eigenvalue weighted by molar-refractivity contribution is -0.247. The summed E-state index contributed by atoms with van der Waals surface area (Å²) in [6, 6.07) is -0.659. The Morgan fingerprint density at radius 2 is 1.55 bits per heavy atom. The molecule has 5 heteroatoms. The van der Waals surface area contributed by atoms with Crippen LogP contribution < -0.4 is 0 Å². The molecule has 0 bridgehead atoms. The van der Waals surface area contributed by atoms with E-state index in [4.69, 9.17) is 0 Å². The Morgan fingerprint density at radius 3 is 2.23 bits per heavy atom. The van der Waals surface area contributed by atoms with Gasteiger partial charge in [0.25, 0.3) is 0 Å². The van der Waals surface area contributed by atoms with E-state index in [9.17, 15) is 19.8 Å². The number of aliphatic hydroxyl groups is 1. The van der Waals surface area contributed by atoms with Crippen molar-refractivity contribution in [3.63, 3.8) is 0 Å². The molecule has 6 aliphatic rings. The van der Waals surface area contributed by atoms with Crippen molar-refractivity contribution in [3.8, 4) is 0 Å². The zero-order valence-electron chi connectivity index (χ0n) is 26.1. The molecule has 11 atom stereocenters. The Hall–Kier alpha value is -1.36. The van der Waals surface area contributed by atoms with Crippen LogP contribution in [0.3, 0.4) is 0 Å². The smallest absolute Gasteiger partial charge is 0.326 e. The van der Waals surface area contributed by atoms with Gasteiger partial charge >= 0.3 is 5.97 Å². The van der Waals surface area contributed by atoms with Gasteiger partial charge in [0, 0.05) is 6.54 Å². The van der Waals surface area contributed by atoms with E-state index in [1.807, 2.05) is 0 Å². The van der Waals surface area contributed by atoms with Gasteiger partial charge in [-0.05, 0) is 135 Å². The van der Waals surface area contributed by atoms with E-state index in [0.29, 0.717) is 36.6 Å². The minimum Gasteiger partial charge on any atom is -0.480 e. The molecule has 0 spiro atoms. The number of hydrogen-bond donors (Lipinski definition) is 2. The molecule has 5 saturated carbocycles. The van der Waals surface area contributed by atoms with Gasteiger partial charge in [0.05, 0.1) is 11.5 Å². The second kappa shape index (κ2) is 9.07. The molecule has 1 saturated heterocycles. The fourth-order valence-electron chi connectivity index (χ4n) is 13.1. The molecule has 6 fully saturated rings. The van der Waals surface area contributed by atoms with E-state index >= 15 is 0 Å². The van der Waals surface area contributed by atoms with Crippen LogP contribution in [-0.2, 0) is 9.59 Å². The summed E-state index contributed by atoms with van der Waals surface area (Å²) in [6.45, 7) is 19.6. The van der Waals surface area contributed by atoms with Crippen LogP contribution in [0.15, 0.2) is 12.2 Å². The van der Waals surface area contributed by atoms with Gasteiger partial charge in [-0.25, -0.2) is 4.79 Å². The number of likely N-dealkylation sites (tertiary alicyclic amines) is 1. The first kappa shape index (κ1) is 28.7. The number of hydrogen-bond acceptors (Lipinski definition) is 3. The normalized spacial score (nSPS) is 51.3. The van der Waals surface area contributed by atoms with Crippen LogP contribution in [0, 0.1) is 56.7 Å². The largest absolute Gasteiger partial charge is 0.480 e. The number of carboxylic acids is 1. The summed E-state index contributed by atoms with van der Waals surface area (Å²) >= 11 is 0. The van der Waals surface area contributed by atoms with Crippen molar-refractivity contribution in [3.05, 3.63) is 12.2 Å². The molecule has 0 aromatic rings. The summed E-state index contributed by atoms with van der Waals surface area (Å²) in [4.78, 5) is 28.5. The van der Waals surface area contributed by atoms with Crippen LogP contribution in [0.2, 0.25) is 0 Å². The Bertz CT molecular complexity index is 1100. The number of carbonyl (C=O) groups excluding carboxylic acids is 1.